The lowest BCUT2D eigenvalue weighted by Gasteiger charge is -2.09. The summed E-state index contributed by atoms with van der Waals surface area (Å²) in [6.07, 6.45) is 9.92. The second-order valence-electron chi connectivity index (χ2n) is 8.00. The Morgan fingerprint density at radius 3 is 1.59 bits per heavy atom. The van der Waals surface area contributed by atoms with Crippen molar-refractivity contribution in [2.75, 3.05) is 0 Å². The van der Waals surface area contributed by atoms with Crippen LogP contribution in [0.3, 0.4) is 0 Å². The Balaban J connectivity index is 1.68. The molecule has 0 fully saturated rings. The van der Waals surface area contributed by atoms with Gasteiger partial charge >= 0.3 is 0 Å². The van der Waals surface area contributed by atoms with Gasteiger partial charge in [0, 0.05) is 10.6 Å². The van der Waals surface area contributed by atoms with E-state index in [1.807, 2.05) is 0 Å². The molecule has 0 amide bonds. The largest absolute Gasteiger partial charge is 0.0837 e. The Bertz CT molecular complexity index is 875. The zero-order valence-corrected chi connectivity index (χ0v) is 18.6. The molecule has 0 spiro atoms. The molecule has 152 valence electrons. The van der Waals surface area contributed by atoms with Crippen molar-refractivity contribution in [1.29, 1.82) is 0 Å². The molecule has 0 bridgehead atoms. The molecule has 0 aliphatic carbocycles. The maximum absolute atomic E-state index is 6.60. The summed E-state index contributed by atoms with van der Waals surface area (Å²) in [5.74, 6) is 0. The molecule has 0 aliphatic heterocycles. The van der Waals surface area contributed by atoms with E-state index in [4.69, 9.17) is 11.6 Å². The van der Waals surface area contributed by atoms with Gasteiger partial charge in [-0.3, -0.25) is 0 Å². The van der Waals surface area contributed by atoms with E-state index >= 15 is 0 Å². The van der Waals surface area contributed by atoms with Gasteiger partial charge in [-0.15, -0.1) is 0 Å². The summed E-state index contributed by atoms with van der Waals surface area (Å²) < 4.78 is 0. The van der Waals surface area contributed by atoms with Crippen molar-refractivity contribution < 1.29 is 0 Å². The monoisotopic (exact) mass is 404 g/mol. The first-order valence-electron chi connectivity index (χ1n) is 11.2. The number of benzene rings is 3. The van der Waals surface area contributed by atoms with Crippen LogP contribution >= 0.6 is 11.6 Å². The SMILES string of the molecule is CCCCCc1ccc(-c2ccc(-c3ccc(CCCCC)cc3Cl)cc2)cc1. The van der Waals surface area contributed by atoms with Crippen LogP contribution in [0.25, 0.3) is 22.3 Å². The number of hydrogen-bond acceptors (Lipinski definition) is 0. The molecule has 0 radical (unpaired) electrons. The van der Waals surface area contributed by atoms with E-state index in [0.29, 0.717) is 0 Å². The highest BCUT2D eigenvalue weighted by atomic mass is 35.5. The standard InChI is InChI=1S/C28H33Cl/c1-3-5-7-9-22-11-14-24(15-12-22)25-16-18-26(19-17-25)27-20-13-23(21-28(27)29)10-8-6-4-2/h11-21H,3-10H2,1-2H3. The molecule has 0 saturated carbocycles. The summed E-state index contributed by atoms with van der Waals surface area (Å²) in [5, 5.41) is 0.850. The van der Waals surface area contributed by atoms with Crippen LogP contribution in [0.15, 0.2) is 66.7 Å². The lowest BCUT2D eigenvalue weighted by atomic mass is 9.97. The van der Waals surface area contributed by atoms with Crippen molar-refractivity contribution in [2.45, 2.75) is 65.2 Å². The maximum Gasteiger partial charge on any atom is 0.0487 e. The van der Waals surface area contributed by atoms with Gasteiger partial charge < -0.3 is 0 Å². The van der Waals surface area contributed by atoms with Crippen LogP contribution in [-0.4, -0.2) is 0 Å². The van der Waals surface area contributed by atoms with Crippen molar-refractivity contribution in [1.82, 2.24) is 0 Å². The molecular weight excluding hydrogens is 372 g/mol. The number of hydrogen-bond donors (Lipinski definition) is 0. The quantitative estimate of drug-likeness (QED) is 0.295. The predicted octanol–water partition coefficient (Wildman–Crippen LogP) is 9.14. The van der Waals surface area contributed by atoms with Gasteiger partial charge in [0.05, 0.1) is 0 Å². The van der Waals surface area contributed by atoms with Crippen molar-refractivity contribution >= 4 is 11.6 Å². The maximum atomic E-state index is 6.60. The molecule has 0 aromatic heterocycles. The molecule has 3 aromatic carbocycles. The summed E-state index contributed by atoms with van der Waals surface area (Å²) in [5.41, 5.74) is 7.58. The Labute approximate surface area is 181 Å². The fourth-order valence-electron chi connectivity index (χ4n) is 3.81. The Kier molecular flexibility index (Phi) is 8.38. The summed E-state index contributed by atoms with van der Waals surface area (Å²) in [6, 6.07) is 24.3. The van der Waals surface area contributed by atoms with Gasteiger partial charge in [0.2, 0.25) is 0 Å². The smallest absolute Gasteiger partial charge is 0.0487 e. The molecule has 3 rings (SSSR count). The van der Waals surface area contributed by atoms with Crippen molar-refractivity contribution in [2.24, 2.45) is 0 Å². The molecule has 0 atom stereocenters. The minimum absolute atomic E-state index is 0.850. The van der Waals surface area contributed by atoms with Gasteiger partial charge in [-0.1, -0.05) is 112 Å². The van der Waals surface area contributed by atoms with Gasteiger partial charge in [-0.2, -0.15) is 0 Å². The second-order valence-corrected chi connectivity index (χ2v) is 8.41. The average Bonchev–Trinajstić information content (AvgIpc) is 2.75. The van der Waals surface area contributed by atoms with E-state index in [1.165, 1.54) is 72.8 Å². The lowest BCUT2D eigenvalue weighted by Crippen LogP contribution is -1.88. The molecule has 0 heterocycles. The Hall–Kier alpha value is -2.05. The molecule has 0 nitrogen and oxygen atoms in total. The Morgan fingerprint density at radius 1 is 0.552 bits per heavy atom. The minimum atomic E-state index is 0.850. The summed E-state index contributed by atoms with van der Waals surface area (Å²) in [7, 11) is 0. The zero-order valence-electron chi connectivity index (χ0n) is 17.9. The second kappa shape index (κ2) is 11.2. The first-order chi connectivity index (χ1) is 14.2. The number of unbranched alkanes of at least 4 members (excludes halogenated alkanes) is 4. The van der Waals surface area contributed by atoms with Crippen molar-refractivity contribution in [3.63, 3.8) is 0 Å². The third-order valence-electron chi connectivity index (χ3n) is 5.65. The van der Waals surface area contributed by atoms with Crippen molar-refractivity contribution in [3.05, 3.63) is 82.9 Å². The fourth-order valence-corrected chi connectivity index (χ4v) is 4.12. The van der Waals surface area contributed by atoms with E-state index in [-0.39, 0.29) is 0 Å². The first-order valence-corrected chi connectivity index (χ1v) is 11.6. The number of rotatable bonds is 10. The Morgan fingerprint density at radius 2 is 1.03 bits per heavy atom. The van der Waals surface area contributed by atoms with E-state index in [0.717, 1.165) is 17.0 Å². The van der Waals surface area contributed by atoms with Crippen molar-refractivity contribution in [3.8, 4) is 22.3 Å². The average molecular weight is 405 g/mol. The van der Waals surface area contributed by atoms with Gasteiger partial charge in [-0.05, 0) is 59.6 Å². The molecule has 0 aliphatic rings. The van der Waals surface area contributed by atoms with E-state index in [1.54, 1.807) is 0 Å². The normalized spacial score (nSPS) is 11.0. The van der Waals surface area contributed by atoms with Crippen LogP contribution in [0.2, 0.25) is 5.02 Å². The highest BCUT2D eigenvalue weighted by Crippen LogP contribution is 2.31. The molecule has 0 N–H and O–H groups in total. The third kappa shape index (κ3) is 6.21. The molecule has 1 heteroatoms. The summed E-state index contributed by atoms with van der Waals surface area (Å²) >= 11 is 6.60. The van der Waals surface area contributed by atoms with Crippen LogP contribution in [0.4, 0.5) is 0 Å². The highest BCUT2D eigenvalue weighted by Gasteiger charge is 2.06. The summed E-state index contributed by atoms with van der Waals surface area (Å²) in [6.45, 7) is 4.49. The first kappa shape index (κ1) is 21.7. The molecule has 0 unspecified atom stereocenters. The molecule has 29 heavy (non-hydrogen) atoms. The lowest BCUT2D eigenvalue weighted by molar-refractivity contribution is 0.717. The van der Waals surface area contributed by atoms with E-state index in [2.05, 4.69) is 80.6 Å². The van der Waals surface area contributed by atoms with Gasteiger partial charge in [0.15, 0.2) is 0 Å². The van der Waals surface area contributed by atoms with Crippen LogP contribution < -0.4 is 0 Å². The van der Waals surface area contributed by atoms with Crippen LogP contribution in [0, 0.1) is 0 Å². The summed E-state index contributed by atoms with van der Waals surface area (Å²) in [4.78, 5) is 0. The topological polar surface area (TPSA) is 0 Å². The van der Waals surface area contributed by atoms with E-state index < -0.39 is 0 Å². The highest BCUT2D eigenvalue weighted by molar-refractivity contribution is 6.33. The number of halogens is 1. The molecule has 3 aromatic rings. The van der Waals surface area contributed by atoms with Crippen LogP contribution in [-0.2, 0) is 12.8 Å². The van der Waals surface area contributed by atoms with Gasteiger partial charge in [-0.25, -0.2) is 0 Å². The fraction of sp³-hybridized carbons (Fsp3) is 0.357. The molecular formula is C28H33Cl. The zero-order chi connectivity index (χ0) is 20.5. The predicted molar refractivity (Wildman–Crippen MR) is 129 cm³/mol. The minimum Gasteiger partial charge on any atom is -0.0837 e. The van der Waals surface area contributed by atoms with E-state index in [9.17, 15) is 0 Å². The number of aryl methyl sites for hydroxylation is 2. The van der Waals surface area contributed by atoms with Gasteiger partial charge in [0.1, 0.15) is 0 Å². The van der Waals surface area contributed by atoms with Crippen LogP contribution in [0.5, 0.6) is 0 Å². The third-order valence-corrected chi connectivity index (χ3v) is 5.97. The van der Waals surface area contributed by atoms with Crippen LogP contribution in [0.1, 0.15) is 63.5 Å². The molecule has 0 saturated heterocycles. The van der Waals surface area contributed by atoms with Gasteiger partial charge in [0.25, 0.3) is 0 Å².